The Morgan fingerprint density at radius 2 is 2.24 bits per heavy atom. The third-order valence-electron chi connectivity index (χ3n) is 2.44. The average molecular weight is 260 g/mol. The van der Waals surface area contributed by atoms with Crippen LogP contribution >= 0.6 is 11.6 Å². The number of nitrogens with zero attached hydrogens (tertiary/aromatic N) is 1. The molecule has 0 spiro atoms. The molecule has 1 atom stereocenters. The zero-order valence-corrected chi connectivity index (χ0v) is 10.5. The summed E-state index contributed by atoms with van der Waals surface area (Å²) in [7, 11) is 1.82. The molecule has 0 aliphatic carbocycles. The fourth-order valence-electron chi connectivity index (χ4n) is 1.56. The highest BCUT2D eigenvalue weighted by Gasteiger charge is 2.13. The molecular formula is C12H15ClFNO2. The maximum Gasteiger partial charge on any atom is 0.307 e. The lowest BCUT2D eigenvalue weighted by Gasteiger charge is -2.19. The van der Waals surface area contributed by atoms with E-state index in [1.807, 2.05) is 11.9 Å². The molecule has 0 fully saturated rings. The summed E-state index contributed by atoms with van der Waals surface area (Å²) >= 11 is 5.67. The summed E-state index contributed by atoms with van der Waals surface area (Å²) in [6, 6.07) is 4.51. The van der Waals surface area contributed by atoms with Crippen LogP contribution in [0.15, 0.2) is 18.2 Å². The molecule has 5 heteroatoms. The second-order valence-electron chi connectivity index (χ2n) is 4.18. The van der Waals surface area contributed by atoms with Crippen molar-refractivity contribution in [3.05, 3.63) is 34.6 Å². The Morgan fingerprint density at radius 3 is 2.76 bits per heavy atom. The van der Waals surface area contributed by atoms with Crippen LogP contribution in [-0.4, -0.2) is 29.6 Å². The van der Waals surface area contributed by atoms with Gasteiger partial charge in [0, 0.05) is 13.1 Å². The second-order valence-corrected chi connectivity index (χ2v) is 4.59. The molecule has 0 bridgehead atoms. The number of rotatable bonds is 5. The van der Waals surface area contributed by atoms with Crippen molar-refractivity contribution in [2.24, 2.45) is 5.92 Å². The molecule has 0 heterocycles. The summed E-state index contributed by atoms with van der Waals surface area (Å²) in [4.78, 5) is 12.6. The van der Waals surface area contributed by atoms with Gasteiger partial charge in [0.05, 0.1) is 10.9 Å². The van der Waals surface area contributed by atoms with Gasteiger partial charge in [0.1, 0.15) is 5.82 Å². The third-order valence-corrected chi connectivity index (χ3v) is 2.73. The molecule has 0 aromatic heterocycles. The van der Waals surface area contributed by atoms with E-state index in [9.17, 15) is 9.18 Å². The van der Waals surface area contributed by atoms with Crippen LogP contribution in [0.4, 0.5) is 4.39 Å². The highest BCUT2D eigenvalue weighted by atomic mass is 35.5. The van der Waals surface area contributed by atoms with E-state index in [2.05, 4.69) is 0 Å². The molecule has 1 aromatic rings. The number of aliphatic carboxylic acids is 1. The van der Waals surface area contributed by atoms with Gasteiger partial charge in [-0.3, -0.25) is 4.79 Å². The smallest absolute Gasteiger partial charge is 0.307 e. The molecule has 0 amide bonds. The Hall–Kier alpha value is -1.13. The van der Waals surface area contributed by atoms with E-state index >= 15 is 0 Å². The van der Waals surface area contributed by atoms with Crippen molar-refractivity contribution >= 4 is 17.6 Å². The van der Waals surface area contributed by atoms with E-state index in [4.69, 9.17) is 16.7 Å². The van der Waals surface area contributed by atoms with Crippen LogP contribution in [0.2, 0.25) is 5.02 Å². The van der Waals surface area contributed by atoms with Gasteiger partial charge in [-0.1, -0.05) is 24.6 Å². The second kappa shape index (κ2) is 5.98. The third kappa shape index (κ3) is 4.32. The number of benzene rings is 1. The summed E-state index contributed by atoms with van der Waals surface area (Å²) in [6.45, 7) is 2.62. The van der Waals surface area contributed by atoms with Crippen molar-refractivity contribution in [2.45, 2.75) is 13.5 Å². The van der Waals surface area contributed by atoms with Crippen molar-refractivity contribution in [1.29, 1.82) is 0 Å². The lowest BCUT2D eigenvalue weighted by Crippen LogP contribution is -2.28. The summed E-state index contributed by atoms with van der Waals surface area (Å²) < 4.78 is 12.9. The number of hydrogen-bond acceptors (Lipinski definition) is 2. The molecule has 0 aliphatic heterocycles. The summed E-state index contributed by atoms with van der Waals surface area (Å²) in [6.07, 6.45) is 0. The van der Waals surface area contributed by atoms with Crippen molar-refractivity contribution in [2.75, 3.05) is 13.6 Å². The highest BCUT2D eigenvalue weighted by Crippen LogP contribution is 2.17. The van der Waals surface area contributed by atoms with Gasteiger partial charge in [-0.25, -0.2) is 4.39 Å². The normalized spacial score (nSPS) is 12.8. The molecule has 0 saturated heterocycles. The van der Waals surface area contributed by atoms with Gasteiger partial charge in [0.25, 0.3) is 0 Å². The van der Waals surface area contributed by atoms with Crippen LogP contribution in [-0.2, 0) is 11.3 Å². The molecule has 0 aliphatic rings. The minimum absolute atomic E-state index is 0.0854. The van der Waals surface area contributed by atoms with Gasteiger partial charge in [0.2, 0.25) is 0 Å². The Balaban J connectivity index is 2.58. The van der Waals surface area contributed by atoms with Crippen molar-refractivity contribution < 1.29 is 14.3 Å². The van der Waals surface area contributed by atoms with Gasteiger partial charge in [-0.2, -0.15) is 0 Å². The molecular weight excluding hydrogens is 245 g/mol. The first kappa shape index (κ1) is 13.9. The van der Waals surface area contributed by atoms with E-state index in [1.54, 1.807) is 19.1 Å². The molecule has 1 unspecified atom stereocenters. The lowest BCUT2D eigenvalue weighted by atomic mass is 10.1. The van der Waals surface area contributed by atoms with Gasteiger partial charge in [-0.05, 0) is 24.7 Å². The molecule has 0 radical (unpaired) electrons. The number of carboxylic acids is 1. The van der Waals surface area contributed by atoms with Crippen molar-refractivity contribution in [3.63, 3.8) is 0 Å². The van der Waals surface area contributed by atoms with E-state index < -0.39 is 17.7 Å². The van der Waals surface area contributed by atoms with Gasteiger partial charge >= 0.3 is 5.97 Å². The lowest BCUT2D eigenvalue weighted by molar-refractivity contribution is -0.141. The standard InChI is InChI=1S/C12H15ClFNO2/c1-8(12(16)17)6-15(2)7-9-3-4-11(14)10(13)5-9/h3-5,8H,6-7H2,1-2H3,(H,16,17). The minimum atomic E-state index is -0.825. The molecule has 1 rings (SSSR count). The van der Waals surface area contributed by atoms with Gasteiger partial charge in [-0.15, -0.1) is 0 Å². The highest BCUT2D eigenvalue weighted by molar-refractivity contribution is 6.30. The SMILES string of the molecule is CC(CN(C)Cc1ccc(F)c(Cl)c1)C(=O)O. The molecule has 94 valence electrons. The van der Waals surface area contributed by atoms with Crippen LogP contribution < -0.4 is 0 Å². The van der Waals surface area contributed by atoms with Gasteiger partial charge < -0.3 is 10.0 Å². The molecule has 3 nitrogen and oxygen atoms in total. The van der Waals surface area contributed by atoms with E-state index in [1.165, 1.54) is 6.07 Å². The first-order valence-electron chi connectivity index (χ1n) is 5.25. The maximum absolute atomic E-state index is 12.9. The number of halogens is 2. The summed E-state index contributed by atoms with van der Waals surface area (Å²) in [5.41, 5.74) is 0.858. The first-order valence-corrected chi connectivity index (χ1v) is 5.63. The maximum atomic E-state index is 12.9. The Bertz CT molecular complexity index is 411. The van der Waals surface area contributed by atoms with Crippen molar-refractivity contribution in [1.82, 2.24) is 4.90 Å². The first-order chi connectivity index (χ1) is 7.90. The summed E-state index contributed by atoms with van der Waals surface area (Å²) in [5, 5.41) is 8.87. The zero-order chi connectivity index (χ0) is 13.0. The topological polar surface area (TPSA) is 40.5 Å². The molecule has 0 saturated carbocycles. The number of carboxylic acid groups (broad SMARTS) is 1. The molecule has 1 N–H and O–H groups in total. The van der Waals surface area contributed by atoms with Crippen LogP contribution in [0.1, 0.15) is 12.5 Å². The zero-order valence-electron chi connectivity index (χ0n) is 9.78. The summed E-state index contributed by atoms with van der Waals surface area (Å²) in [5.74, 6) is -1.71. The fourth-order valence-corrected chi connectivity index (χ4v) is 1.76. The van der Waals surface area contributed by atoms with Crippen LogP contribution in [0.3, 0.4) is 0 Å². The van der Waals surface area contributed by atoms with E-state index in [0.717, 1.165) is 5.56 Å². The number of carbonyl (C=O) groups is 1. The Kier molecular flexibility index (Phi) is 4.90. The van der Waals surface area contributed by atoms with Crippen molar-refractivity contribution in [3.8, 4) is 0 Å². The van der Waals surface area contributed by atoms with Gasteiger partial charge in [0.15, 0.2) is 0 Å². The van der Waals surface area contributed by atoms with Crippen LogP contribution in [0.25, 0.3) is 0 Å². The quantitative estimate of drug-likeness (QED) is 0.884. The van der Waals surface area contributed by atoms with E-state index in [0.29, 0.717) is 13.1 Å². The fraction of sp³-hybridized carbons (Fsp3) is 0.417. The molecule has 17 heavy (non-hydrogen) atoms. The predicted molar refractivity (Wildman–Crippen MR) is 64.5 cm³/mol. The monoisotopic (exact) mass is 259 g/mol. The molecule has 1 aromatic carbocycles. The average Bonchev–Trinajstić information content (AvgIpc) is 2.23. The Labute approximate surface area is 105 Å². The van der Waals surface area contributed by atoms with E-state index in [-0.39, 0.29) is 5.02 Å². The minimum Gasteiger partial charge on any atom is -0.481 e. The van der Waals surface area contributed by atoms with Crippen LogP contribution in [0.5, 0.6) is 0 Å². The number of hydrogen-bond donors (Lipinski definition) is 1. The Morgan fingerprint density at radius 1 is 1.59 bits per heavy atom. The predicted octanol–water partition coefficient (Wildman–Crippen LogP) is 2.63. The van der Waals surface area contributed by atoms with Crippen LogP contribution in [0, 0.1) is 11.7 Å². The largest absolute Gasteiger partial charge is 0.481 e.